The highest BCUT2D eigenvalue weighted by atomic mass is 16.6. The van der Waals surface area contributed by atoms with Crippen molar-refractivity contribution in [1.82, 2.24) is 0 Å². The second kappa shape index (κ2) is 9.43. The number of hydrogen-bond acceptors (Lipinski definition) is 9. The predicted octanol–water partition coefficient (Wildman–Crippen LogP) is 2.23. The molecule has 3 rings (SSSR count). The third kappa shape index (κ3) is 4.43. The zero-order chi connectivity index (χ0) is 22.5. The van der Waals surface area contributed by atoms with E-state index < -0.39 is 16.9 Å². The molecule has 1 aromatic carbocycles. The molecule has 1 aromatic rings. The van der Waals surface area contributed by atoms with Crippen molar-refractivity contribution in [2.24, 2.45) is 0 Å². The van der Waals surface area contributed by atoms with Gasteiger partial charge in [0.2, 0.25) is 0 Å². The molecule has 2 aliphatic heterocycles. The molecule has 2 heterocycles. The first-order valence-electron chi connectivity index (χ1n) is 9.55. The van der Waals surface area contributed by atoms with Crippen LogP contribution in [0.5, 0.6) is 0 Å². The molecule has 0 unspecified atom stereocenters. The fourth-order valence-corrected chi connectivity index (χ4v) is 3.48. The van der Waals surface area contributed by atoms with Gasteiger partial charge in [-0.05, 0) is 30.7 Å². The molecule has 0 aliphatic carbocycles. The van der Waals surface area contributed by atoms with Gasteiger partial charge in [-0.15, -0.1) is 0 Å². The van der Waals surface area contributed by atoms with Gasteiger partial charge < -0.3 is 24.0 Å². The number of benzene rings is 1. The summed E-state index contributed by atoms with van der Waals surface area (Å²) in [6, 6.07) is 3.10. The number of nitro benzene ring substituents is 1. The van der Waals surface area contributed by atoms with Gasteiger partial charge in [0.05, 0.1) is 43.6 Å². The van der Waals surface area contributed by atoms with Gasteiger partial charge in [-0.2, -0.15) is 0 Å². The van der Waals surface area contributed by atoms with Crippen molar-refractivity contribution in [2.45, 2.75) is 6.92 Å². The maximum absolute atomic E-state index is 12.7. The Balaban J connectivity index is 2.22. The van der Waals surface area contributed by atoms with E-state index in [2.05, 4.69) is 0 Å². The molecular weight excluding hydrogens is 406 g/mol. The SMILES string of the molecule is COC(=O)C1=C(C(=O)OC)N(c2cc(N3CCOCC3)c([N+](=O)[O-])cc2C)C=CC=C1. The molecule has 0 aromatic heterocycles. The summed E-state index contributed by atoms with van der Waals surface area (Å²) in [7, 11) is 2.43. The third-order valence-electron chi connectivity index (χ3n) is 4.99. The van der Waals surface area contributed by atoms with Gasteiger partial charge >= 0.3 is 11.9 Å². The molecule has 1 fully saturated rings. The highest BCUT2D eigenvalue weighted by molar-refractivity contribution is 6.05. The predicted molar refractivity (Wildman–Crippen MR) is 113 cm³/mol. The number of hydrogen-bond donors (Lipinski definition) is 0. The molecule has 0 saturated carbocycles. The molecule has 31 heavy (non-hydrogen) atoms. The van der Waals surface area contributed by atoms with Crippen LogP contribution >= 0.6 is 0 Å². The number of carbonyl (C=O) groups is 2. The van der Waals surface area contributed by atoms with Gasteiger partial charge in [-0.25, -0.2) is 9.59 Å². The molecular formula is C21H23N3O7. The second-order valence-electron chi connectivity index (χ2n) is 6.80. The van der Waals surface area contributed by atoms with Crippen LogP contribution in [0.1, 0.15) is 5.56 Å². The Hall–Kier alpha value is -3.66. The van der Waals surface area contributed by atoms with Gasteiger partial charge in [-0.1, -0.05) is 6.08 Å². The molecule has 0 bridgehead atoms. The number of methoxy groups -OCH3 is 2. The van der Waals surface area contributed by atoms with Crippen molar-refractivity contribution >= 4 is 29.0 Å². The van der Waals surface area contributed by atoms with E-state index in [0.717, 1.165) is 0 Å². The fraction of sp³-hybridized carbons (Fsp3) is 0.333. The molecule has 10 nitrogen and oxygen atoms in total. The molecule has 0 amide bonds. The van der Waals surface area contributed by atoms with Crippen molar-refractivity contribution in [3.8, 4) is 0 Å². The Kier molecular flexibility index (Phi) is 6.71. The zero-order valence-electron chi connectivity index (χ0n) is 17.5. The van der Waals surface area contributed by atoms with E-state index in [4.69, 9.17) is 14.2 Å². The molecule has 2 aliphatic rings. The lowest BCUT2D eigenvalue weighted by molar-refractivity contribution is -0.384. The van der Waals surface area contributed by atoms with Crippen LogP contribution in [-0.2, 0) is 23.8 Å². The van der Waals surface area contributed by atoms with Crippen molar-refractivity contribution < 1.29 is 28.7 Å². The summed E-state index contributed by atoms with van der Waals surface area (Å²) in [6.45, 7) is 3.59. The summed E-state index contributed by atoms with van der Waals surface area (Å²) in [5.41, 5.74) is 1.35. The van der Waals surface area contributed by atoms with Crippen LogP contribution < -0.4 is 9.80 Å². The van der Waals surface area contributed by atoms with E-state index in [-0.39, 0.29) is 17.0 Å². The van der Waals surface area contributed by atoms with E-state index in [1.54, 1.807) is 31.3 Å². The Morgan fingerprint density at radius 2 is 1.74 bits per heavy atom. The van der Waals surface area contributed by atoms with Crippen molar-refractivity contribution in [2.75, 3.05) is 50.3 Å². The number of ether oxygens (including phenoxy) is 3. The summed E-state index contributed by atoms with van der Waals surface area (Å²) in [5, 5.41) is 11.7. The summed E-state index contributed by atoms with van der Waals surface area (Å²) in [6.07, 6.45) is 6.29. The van der Waals surface area contributed by atoms with Crippen molar-refractivity contribution in [1.29, 1.82) is 0 Å². The maximum atomic E-state index is 12.7. The quantitative estimate of drug-likeness (QED) is 0.395. The number of anilines is 2. The van der Waals surface area contributed by atoms with Crippen LogP contribution in [0.3, 0.4) is 0 Å². The number of allylic oxidation sites excluding steroid dienone is 2. The lowest BCUT2D eigenvalue weighted by Gasteiger charge is -2.31. The van der Waals surface area contributed by atoms with E-state index in [1.807, 2.05) is 4.90 Å². The van der Waals surface area contributed by atoms with Crippen LogP contribution in [0.4, 0.5) is 17.1 Å². The normalized spacial score (nSPS) is 16.2. The molecule has 164 valence electrons. The van der Waals surface area contributed by atoms with E-state index in [0.29, 0.717) is 43.2 Å². The topological polar surface area (TPSA) is 111 Å². The standard InChI is InChI=1S/C21H23N3O7/c1-14-12-18(24(27)28)17(22-8-10-31-11-9-22)13-16(14)23-7-5-4-6-15(20(25)29-2)19(23)21(26)30-3/h4-7,12-13H,8-11H2,1-3H3. The van der Waals surface area contributed by atoms with Crippen molar-refractivity contribution in [3.63, 3.8) is 0 Å². The smallest absolute Gasteiger partial charge is 0.355 e. The molecule has 10 heteroatoms. The zero-order valence-corrected chi connectivity index (χ0v) is 17.5. The van der Waals surface area contributed by atoms with Crippen LogP contribution in [0, 0.1) is 17.0 Å². The van der Waals surface area contributed by atoms with Crippen molar-refractivity contribution in [3.05, 3.63) is 63.5 Å². The van der Waals surface area contributed by atoms with Gasteiger partial charge in [0, 0.05) is 25.4 Å². The van der Waals surface area contributed by atoms with Crippen LogP contribution in [0.15, 0.2) is 47.8 Å². The van der Waals surface area contributed by atoms with E-state index in [1.165, 1.54) is 31.3 Å². The first kappa shape index (κ1) is 22.0. The number of esters is 2. The monoisotopic (exact) mass is 429 g/mol. The molecule has 0 N–H and O–H groups in total. The lowest BCUT2D eigenvalue weighted by Crippen LogP contribution is -2.36. The molecule has 1 saturated heterocycles. The molecule has 0 atom stereocenters. The second-order valence-corrected chi connectivity index (χ2v) is 6.80. The minimum atomic E-state index is -0.748. The van der Waals surface area contributed by atoms with Crippen LogP contribution in [0.25, 0.3) is 0 Å². The van der Waals surface area contributed by atoms with Gasteiger partial charge in [0.15, 0.2) is 0 Å². The summed E-state index contributed by atoms with van der Waals surface area (Å²) >= 11 is 0. The van der Waals surface area contributed by atoms with Gasteiger partial charge in [0.25, 0.3) is 5.69 Å². The van der Waals surface area contributed by atoms with Crippen LogP contribution in [0.2, 0.25) is 0 Å². The third-order valence-corrected chi connectivity index (χ3v) is 4.99. The Labute approximate surface area is 179 Å². The van der Waals surface area contributed by atoms with E-state index >= 15 is 0 Å². The first-order chi connectivity index (χ1) is 14.9. The fourth-order valence-electron chi connectivity index (χ4n) is 3.48. The number of aryl methyl sites for hydroxylation is 1. The summed E-state index contributed by atoms with van der Waals surface area (Å²) < 4.78 is 15.1. The highest BCUT2D eigenvalue weighted by Gasteiger charge is 2.31. The van der Waals surface area contributed by atoms with Gasteiger partial charge in [-0.3, -0.25) is 10.1 Å². The van der Waals surface area contributed by atoms with E-state index in [9.17, 15) is 19.7 Å². The largest absolute Gasteiger partial charge is 0.465 e. The van der Waals surface area contributed by atoms with Gasteiger partial charge in [0.1, 0.15) is 11.4 Å². The average molecular weight is 429 g/mol. The minimum absolute atomic E-state index is 0.00465. The van der Waals surface area contributed by atoms with Crippen LogP contribution in [-0.4, -0.2) is 57.4 Å². The number of nitrogens with zero attached hydrogens (tertiary/aromatic N) is 3. The number of nitro groups is 1. The Morgan fingerprint density at radius 3 is 2.35 bits per heavy atom. The average Bonchev–Trinajstić information content (AvgIpc) is 3.01. The Morgan fingerprint density at radius 1 is 1.06 bits per heavy atom. The number of carbonyl (C=O) groups excluding carboxylic acids is 2. The first-order valence-corrected chi connectivity index (χ1v) is 9.55. The summed E-state index contributed by atoms with van der Waals surface area (Å²) in [5.74, 6) is -1.46. The maximum Gasteiger partial charge on any atom is 0.355 e. The lowest BCUT2D eigenvalue weighted by atomic mass is 10.1. The highest BCUT2D eigenvalue weighted by Crippen LogP contribution is 2.38. The number of morpholine rings is 1. The molecule has 0 radical (unpaired) electrons. The molecule has 0 spiro atoms. The Bertz CT molecular complexity index is 991. The summed E-state index contributed by atoms with van der Waals surface area (Å²) in [4.78, 5) is 39.7. The minimum Gasteiger partial charge on any atom is -0.465 e. The number of rotatable bonds is 5.